The van der Waals surface area contributed by atoms with Gasteiger partial charge in [0.2, 0.25) is 17.7 Å². The Morgan fingerprint density at radius 3 is 2.73 bits per heavy atom. The van der Waals surface area contributed by atoms with Gasteiger partial charge in [0.1, 0.15) is 11.7 Å². The first kappa shape index (κ1) is 22.0. The van der Waals surface area contributed by atoms with E-state index in [-0.39, 0.29) is 43.4 Å². The monoisotopic (exact) mass is 437 g/mol. The molecular formula is C17H20F5N5O3. The molecule has 0 radical (unpaired) electrons. The molecule has 3 heterocycles. The molecule has 166 valence electrons. The number of hydrogen-bond donors (Lipinski definition) is 3. The molecule has 2 aliphatic rings. The van der Waals surface area contributed by atoms with Crippen molar-refractivity contribution in [2.24, 2.45) is 0 Å². The fourth-order valence-electron chi connectivity index (χ4n) is 3.11. The molecule has 30 heavy (non-hydrogen) atoms. The van der Waals surface area contributed by atoms with Crippen LogP contribution in [0.1, 0.15) is 32.1 Å². The Labute approximate surface area is 167 Å². The summed E-state index contributed by atoms with van der Waals surface area (Å²) in [5, 5.41) is 21.7. The summed E-state index contributed by atoms with van der Waals surface area (Å²) in [6.07, 6.45) is -5.17. The smallest absolute Gasteiger partial charge is 0.404 e. The number of amides is 1. The quantitative estimate of drug-likeness (QED) is 0.621. The Morgan fingerprint density at radius 1 is 1.33 bits per heavy atom. The van der Waals surface area contributed by atoms with Crippen molar-refractivity contribution in [3.8, 4) is 0 Å². The zero-order valence-corrected chi connectivity index (χ0v) is 15.8. The Bertz CT molecular complexity index is 851. The molecular weight excluding hydrogens is 417 g/mol. The molecule has 0 aromatic carbocycles. The van der Waals surface area contributed by atoms with E-state index in [4.69, 9.17) is 4.42 Å². The highest BCUT2D eigenvalue weighted by atomic mass is 19.4. The van der Waals surface area contributed by atoms with Gasteiger partial charge in [0.05, 0.1) is 5.57 Å². The van der Waals surface area contributed by atoms with Gasteiger partial charge in [-0.25, -0.2) is 8.78 Å². The minimum Gasteiger partial charge on any atom is -0.404 e. The average Bonchev–Trinajstić information content (AvgIpc) is 3.02. The fraction of sp³-hybridized carbons (Fsp3) is 0.588. The number of nitrogens with one attached hydrogen (secondary N) is 2. The van der Waals surface area contributed by atoms with E-state index in [1.807, 2.05) is 5.32 Å². The van der Waals surface area contributed by atoms with E-state index in [0.29, 0.717) is 0 Å². The molecule has 1 fully saturated rings. The topological polar surface area (TPSA) is 104 Å². The first-order chi connectivity index (χ1) is 14.0. The number of hydrogen-bond acceptors (Lipinski definition) is 7. The van der Waals surface area contributed by atoms with Crippen LogP contribution < -0.4 is 10.6 Å². The van der Waals surface area contributed by atoms with Gasteiger partial charge in [-0.1, -0.05) is 5.10 Å². The number of halogens is 5. The second-order valence-corrected chi connectivity index (χ2v) is 7.06. The summed E-state index contributed by atoms with van der Waals surface area (Å²) in [5.74, 6) is -3.47. The van der Waals surface area contributed by atoms with Crippen molar-refractivity contribution in [1.82, 2.24) is 20.4 Å². The van der Waals surface area contributed by atoms with Crippen LogP contribution in [0.5, 0.6) is 0 Å². The van der Waals surface area contributed by atoms with Crippen molar-refractivity contribution in [3.05, 3.63) is 23.7 Å². The zero-order chi connectivity index (χ0) is 22.1. The Balaban J connectivity index is 1.65. The molecule has 1 unspecified atom stereocenters. The number of allylic oxidation sites excluding steroid dienone is 3. The van der Waals surface area contributed by atoms with Crippen LogP contribution >= 0.6 is 0 Å². The number of anilines is 1. The number of rotatable bonds is 4. The molecule has 0 saturated carbocycles. The van der Waals surface area contributed by atoms with Crippen molar-refractivity contribution in [1.29, 1.82) is 0 Å². The molecule has 1 aromatic rings. The van der Waals surface area contributed by atoms with E-state index in [0.717, 1.165) is 12.2 Å². The van der Waals surface area contributed by atoms with E-state index in [1.54, 1.807) is 0 Å². The molecule has 2 atom stereocenters. The third-order valence-corrected chi connectivity index (χ3v) is 4.73. The number of dihydropyridines is 1. The summed E-state index contributed by atoms with van der Waals surface area (Å²) in [5.41, 5.74) is -1.21. The number of nitrogens with zero attached hydrogens (tertiary/aromatic N) is 3. The lowest BCUT2D eigenvalue weighted by Gasteiger charge is -2.24. The average molecular weight is 437 g/mol. The molecule has 3 rings (SSSR count). The summed E-state index contributed by atoms with van der Waals surface area (Å²) in [4.78, 5) is 13.8. The second-order valence-electron chi connectivity index (χ2n) is 7.06. The Kier molecular flexibility index (Phi) is 6.01. The predicted octanol–water partition coefficient (Wildman–Crippen LogP) is 2.27. The minimum absolute atomic E-state index is 0.0778. The number of carbonyl (C=O) groups excluding carboxylic acids is 1. The first-order valence-corrected chi connectivity index (χ1v) is 9.17. The van der Waals surface area contributed by atoms with Crippen LogP contribution in [0.25, 0.3) is 5.57 Å². The van der Waals surface area contributed by atoms with E-state index in [1.165, 1.54) is 11.8 Å². The normalized spacial score (nSPS) is 23.0. The van der Waals surface area contributed by atoms with Crippen LogP contribution in [0, 0.1) is 0 Å². The highest BCUT2D eigenvalue weighted by Crippen LogP contribution is 2.30. The van der Waals surface area contributed by atoms with Gasteiger partial charge in [0.25, 0.3) is 0 Å². The molecule has 8 nitrogen and oxygen atoms in total. The van der Waals surface area contributed by atoms with Crippen molar-refractivity contribution in [2.75, 3.05) is 18.4 Å². The molecule has 3 N–H and O–H groups in total. The van der Waals surface area contributed by atoms with E-state index < -0.39 is 42.4 Å². The highest BCUT2D eigenvalue weighted by molar-refractivity contribution is 5.83. The van der Waals surface area contributed by atoms with Gasteiger partial charge in [-0.3, -0.25) is 4.79 Å². The van der Waals surface area contributed by atoms with Crippen LogP contribution in [0.15, 0.2) is 22.3 Å². The number of likely N-dealkylation sites (tertiary alicyclic amines) is 1. The molecule has 0 aliphatic carbocycles. The summed E-state index contributed by atoms with van der Waals surface area (Å²) < 4.78 is 70.2. The third kappa shape index (κ3) is 5.07. The molecule has 0 spiro atoms. The molecule has 2 aliphatic heterocycles. The van der Waals surface area contributed by atoms with Gasteiger partial charge in [0.15, 0.2) is 6.23 Å². The lowest BCUT2D eigenvalue weighted by atomic mass is 10.1. The predicted molar refractivity (Wildman–Crippen MR) is 94.0 cm³/mol. The number of alkyl halides is 5. The van der Waals surface area contributed by atoms with Gasteiger partial charge in [-0.15, -0.1) is 5.10 Å². The molecule has 1 amide bonds. The van der Waals surface area contributed by atoms with Crippen molar-refractivity contribution < 1.29 is 36.3 Å². The lowest BCUT2D eigenvalue weighted by Crippen LogP contribution is -2.42. The van der Waals surface area contributed by atoms with Gasteiger partial charge < -0.3 is 25.1 Å². The Hall–Kier alpha value is -2.70. The maximum absolute atomic E-state index is 13.5. The molecule has 1 aromatic heterocycles. The van der Waals surface area contributed by atoms with Crippen molar-refractivity contribution in [2.45, 2.75) is 50.6 Å². The van der Waals surface area contributed by atoms with Crippen molar-refractivity contribution >= 4 is 17.5 Å². The molecule has 13 heteroatoms. The Morgan fingerprint density at radius 2 is 2.07 bits per heavy atom. The van der Waals surface area contributed by atoms with Crippen LogP contribution in [0.2, 0.25) is 0 Å². The summed E-state index contributed by atoms with van der Waals surface area (Å²) in [7, 11) is 0. The standard InChI is InChI=1S/C17H20F5N5O3/c1-9(14(29)27-7-2-5-16(18,19)6-8-27)23-15-26-25-13(30-15)10-3-4-11(17(20,21)22)24-12(10)28/h3-4,9,12,24,28H,2,5-8H2,1H3,(H,23,26)/t9-,12?/m1/s1. The van der Waals surface area contributed by atoms with E-state index in [9.17, 15) is 31.9 Å². The maximum Gasteiger partial charge on any atom is 0.430 e. The number of aromatic nitrogens is 2. The number of aliphatic hydroxyl groups excluding tert-OH is 1. The van der Waals surface area contributed by atoms with E-state index >= 15 is 0 Å². The molecule has 0 bridgehead atoms. The third-order valence-electron chi connectivity index (χ3n) is 4.73. The SMILES string of the molecule is C[C@@H](Nc1nnc(C2=CC=C(C(F)(F)F)NC2O)o1)C(=O)N1CCCC(F)(F)CC1. The van der Waals surface area contributed by atoms with Gasteiger partial charge >= 0.3 is 12.2 Å². The van der Waals surface area contributed by atoms with Gasteiger partial charge in [-0.05, 0) is 25.5 Å². The minimum atomic E-state index is -4.66. The van der Waals surface area contributed by atoms with Gasteiger partial charge in [0, 0.05) is 25.9 Å². The lowest BCUT2D eigenvalue weighted by molar-refractivity contribution is -0.131. The summed E-state index contributed by atoms with van der Waals surface area (Å²) >= 11 is 0. The summed E-state index contributed by atoms with van der Waals surface area (Å²) in [6, 6.07) is -1.07. The number of carbonyl (C=O) groups is 1. The second kappa shape index (κ2) is 8.20. The maximum atomic E-state index is 13.5. The van der Waals surface area contributed by atoms with Crippen LogP contribution in [0.3, 0.4) is 0 Å². The number of aliphatic hydroxyl groups is 1. The zero-order valence-electron chi connectivity index (χ0n) is 15.8. The largest absolute Gasteiger partial charge is 0.430 e. The van der Waals surface area contributed by atoms with Crippen molar-refractivity contribution in [3.63, 3.8) is 0 Å². The van der Waals surface area contributed by atoms with Crippen LogP contribution in [-0.4, -0.2) is 63.6 Å². The summed E-state index contributed by atoms with van der Waals surface area (Å²) in [6.45, 7) is 1.61. The first-order valence-electron chi connectivity index (χ1n) is 9.17. The fourth-order valence-corrected chi connectivity index (χ4v) is 3.11. The highest BCUT2D eigenvalue weighted by Gasteiger charge is 2.38. The van der Waals surface area contributed by atoms with Crippen LogP contribution in [-0.2, 0) is 4.79 Å². The van der Waals surface area contributed by atoms with Crippen LogP contribution in [0.4, 0.5) is 28.0 Å². The molecule has 1 saturated heterocycles. The van der Waals surface area contributed by atoms with Gasteiger partial charge in [-0.2, -0.15) is 13.2 Å². The van der Waals surface area contributed by atoms with E-state index in [2.05, 4.69) is 15.5 Å².